The summed E-state index contributed by atoms with van der Waals surface area (Å²) < 4.78 is 0. The van der Waals surface area contributed by atoms with Crippen molar-refractivity contribution in [1.29, 1.82) is 0 Å². The van der Waals surface area contributed by atoms with Gasteiger partial charge in [0, 0.05) is 29.1 Å². The summed E-state index contributed by atoms with van der Waals surface area (Å²) in [6, 6.07) is 13.1. The first-order valence-electron chi connectivity index (χ1n) is 8.94. The van der Waals surface area contributed by atoms with Gasteiger partial charge in [0.1, 0.15) is 0 Å². The molecule has 4 N–H and O–H groups in total. The molecule has 2 saturated heterocycles. The van der Waals surface area contributed by atoms with Crippen LogP contribution in [0.1, 0.15) is 29.6 Å². The number of benzene rings is 2. The van der Waals surface area contributed by atoms with Crippen LogP contribution in [0.25, 0.3) is 0 Å². The third kappa shape index (κ3) is 3.47. The van der Waals surface area contributed by atoms with Crippen molar-refractivity contribution in [1.82, 2.24) is 16.2 Å². The summed E-state index contributed by atoms with van der Waals surface area (Å²) in [5, 5.41) is 25.0. The second-order valence-electron chi connectivity index (χ2n) is 7.13. The van der Waals surface area contributed by atoms with E-state index in [1.165, 1.54) is 12.1 Å². The summed E-state index contributed by atoms with van der Waals surface area (Å²) in [7, 11) is 0. The van der Waals surface area contributed by atoms with Crippen molar-refractivity contribution in [2.45, 2.75) is 24.7 Å². The average molecular weight is 403 g/mol. The van der Waals surface area contributed by atoms with E-state index >= 15 is 0 Å². The zero-order chi connectivity index (χ0) is 19.8. The molecule has 2 heterocycles. The zero-order valence-electron chi connectivity index (χ0n) is 14.7. The standard InChI is InChI=1S/C19H19ClN4O4/c20-12-5-1-3-10(7-12)15-9-14(19(25)26)16-17(22-23-18(16)21-15)11-4-2-6-13(8-11)24(27)28/h1-8,14-18,21-23H,9H2,(H,25,26). The lowest BCUT2D eigenvalue weighted by Crippen LogP contribution is -2.53. The number of fused-ring (bicyclic) bond motifs is 1. The fourth-order valence-electron chi connectivity index (χ4n) is 4.24. The van der Waals surface area contributed by atoms with Gasteiger partial charge in [-0.3, -0.25) is 20.2 Å². The third-order valence-corrected chi connectivity index (χ3v) is 5.74. The minimum atomic E-state index is -0.885. The topological polar surface area (TPSA) is 117 Å². The quantitative estimate of drug-likeness (QED) is 0.459. The van der Waals surface area contributed by atoms with Crippen LogP contribution in [0.2, 0.25) is 5.02 Å². The Labute approximate surface area is 166 Å². The number of carbonyl (C=O) groups is 1. The number of hydrogen-bond acceptors (Lipinski definition) is 6. The van der Waals surface area contributed by atoms with Crippen molar-refractivity contribution in [3.63, 3.8) is 0 Å². The van der Waals surface area contributed by atoms with E-state index in [0.717, 1.165) is 5.56 Å². The van der Waals surface area contributed by atoms with Crippen LogP contribution >= 0.6 is 11.6 Å². The molecule has 0 bridgehead atoms. The maximum Gasteiger partial charge on any atom is 0.307 e. The highest BCUT2D eigenvalue weighted by atomic mass is 35.5. The van der Waals surface area contributed by atoms with Crippen molar-refractivity contribution in [2.75, 3.05) is 0 Å². The van der Waals surface area contributed by atoms with Gasteiger partial charge in [-0.15, -0.1) is 0 Å². The van der Waals surface area contributed by atoms with Gasteiger partial charge in [0.2, 0.25) is 0 Å². The normalized spacial score (nSPS) is 29.2. The van der Waals surface area contributed by atoms with Crippen LogP contribution in [0.5, 0.6) is 0 Å². The molecule has 0 saturated carbocycles. The Morgan fingerprint density at radius 3 is 2.61 bits per heavy atom. The number of aliphatic carboxylic acids is 1. The van der Waals surface area contributed by atoms with Gasteiger partial charge in [0.25, 0.3) is 5.69 Å². The van der Waals surface area contributed by atoms with Gasteiger partial charge >= 0.3 is 5.97 Å². The third-order valence-electron chi connectivity index (χ3n) is 5.51. The molecule has 28 heavy (non-hydrogen) atoms. The van der Waals surface area contributed by atoms with Crippen LogP contribution in [-0.4, -0.2) is 22.2 Å². The van der Waals surface area contributed by atoms with E-state index in [2.05, 4.69) is 16.2 Å². The van der Waals surface area contributed by atoms with Gasteiger partial charge in [-0.1, -0.05) is 35.9 Å². The van der Waals surface area contributed by atoms with Crippen molar-refractivity contribution >= 4 is 23.3 Å². The fourth-order valence-corrected chi connectivity index (χ4v) is 4.43. The van der Waals surface area contributed by atoms with Crippen LogP contribution in [0, 0.1) is 22.0 Å². The van der Waals surface area contributed by atoms with Gasteiger partial charge in [-0.05, 0) is 29.7 Å². The molecule has 2 aliphatic heterocycles. The van der Waals surface area contributed by atoms with Crippen LogP contribution in [-0.2, 0) is 4.79 Å². The van der Waals surface area contributed by atoms with Crippen LogP contribution < -0.4 is 16.2 Å². The second kappa shape index (κ2) is 7.48. The molecular weight excluding hydrogens is 384 g/mol. The number of nitro groups is 1. The van der Waals surface area contributed by atoms with Gasteiger partial charge in [-0.25, -0.2) is 10.9 Å². The number of rotatable bonds is 4. The van der Waals surface area contributed by atoms with Crippen LogP contribution in [0.15, 0.2) is 48.5 Å². The van der Waals surface area contributed by atoms with E-state index in [0.29, 0.717) is 17.0 Å². The number of carboxylic acids is 1. The summed E-state index contributed by atoms with van der Waals surface area (Å²) in [6.45, 7) is 0. The largest absolute Gasteiger partial charge is 0.481 e. The van der Waals surface area contributed by atoms with Crippen molar-refractivity contribution in [3.05, 3.63) is 74.8 Å². The summed E-state index contributed by atoms with van der Waals surface area (Å²) in [4.78, 5) is 22.7. The van der Waals surface area contributed by atoms with Crippen molar-refractivity contribution in [3.8, 4) is 0 Å². The molecule has 0 spiro atoms. The zero-order valence-corrected chi connectivity index (χ0v) is 15.5. The Kier molecular flexibility index (Phi) is 5.03. The van der Waals surface area contributed by atoms with Gasteiger partial charge in [0.05, 0.1) is 23.0 Å². The lowest BCUT2D eigenvalue weighted by Gasteiger charge is -2.39. The monoisotopic (exact) mass is 402 g/mol. The summed E-state index contributed by atoms with van der Waals surface area (Å²) >= 11 is 6.09. The fraction of sp³-hybridized carbons (Fsp3) is 0.316. The average Bonchev–Trinajstić information content (AvgIpc) is 3.11. The highest BCUT2D eigenvalue weighted by Gasteiger charge is 2.49. The molecule has 0 aliphatic carbocycles. The lowest BCUT2D eigenvalue weighted by molar-refractivity contribution is -0.384. The molecule has 5 unspecified atom stereocenters. The number of piperidine rings is 1. The summed E-state index contributed by atoms with van der Waals surface area (Å²) in [5.41, 5.74) is 7.85. The van der Waals surface area contributed by atoms with Gasteiger partial charge in [-0.2, -0.15) is 0 Å². The van der Waals surface area contributed by atoms with Gasteiger partial charge in [0.15, 0.2) is 0 Å². The Morgan fingerprint density at radius 2 is 1.89 bits per heavy atom. The molecule has 8 nitrogen and oxygen atoms in total. The Balaban J connectivity index is 1.64. The van der Waals surface area contributed by atoms with E-state index in [1.807, 2.05) is 18.2 Å². The molecule has 4 rings (SSSR count). The van der Waals surface area contributed by atoms with Crippen molar-refractivity contribution in [2.24, 2.45) is 11.8 Å². The molecule has 0 radical (unpaired) electrons. The number of carboxylic acid groups (broad SMARTS) is 1. The molecule has 2 aromatic rings. The molecular formula is C19H19ClN4O4. The molecule has 0 aromatic heterocycles. The summed E-state index contributed by atoms with van der Waals surface area (Å²) in [5.74, 6) is -1.83. The Bertz CT molecular complexity index is 924. The number of nitrogens with one attached hydrogen (secondary N) is 3. The molecule has 9 heteroatoms. The molecule has 0 amide bonds. The van der Waals surface area contributed by atoms with Crippen LogP contribution in [0.4, 0.5) is 5.69 Å². The summed E-state index contributed by atoms with van der Waals surface area (Å²) in [6.07, 6.45) is 0.0918. The maximum absolute atomic E-state index is 12.1. The Morgan fingerprint density at radius 1 is 1.14 bits per heavy atom. The van der Waals surface area contributed by atoms with E-state index in [1.54, 1.807) is 18.2 Å². The number of hydrazine groups is 1. The minimum absolute atomic E-state index is 0.0183. The predicted molar refractivity (Wildman–Crippen MR) is 102 cm³/mol. The first kappa shape index (κ1) is 18.8. The number of nitrogens with zero attached hydrogens (tertiary/aromatic N) is 1. The van der Waals surface area contributed by atoms with Gasteiger partial charge < -0.3 is 5.11 Å². The maximum atomic E-state index is 12.1. The first-order valence-corrected chi connectivity index (χ1v) is 9.31. The SMILES string of the molecule is O=C(O)C1CC(c2cccc(Cl)c2)NC2NNC(c3cccc([N+](=O)[O-])c3)C21. The highest BCUT2D eigenvalue weighted by molar-refractivity contribution is 6.30. The predicted octanol–water partition coefficient (Wildman–Crippen LogP) is 2.77. The molecule has 2 aliphatic rings. The highest BCUT2D eigenvalue weighted by Crippen LogP contribution is 2.43. The van der Waals surface area contributed by atoms with E-state index < -0.39 is 16.8 Å². The molecule has 2 fully saturated rings. The molecule has 5 atom stereocenters. The number of non-ortho nitro benzene ring substituents is 1. The van der Waals surface area contributed by atoms with E-state index in [9.17, 15) is 20.0 Å². The second-order valence-corrected chi connectivity index (χ2v) is 7.56. The minimum Gasteiger partial charge on any atom is -0.481 e. The number of nitro benzene ring substituents is 1. The smallest absolute Gasteiger partial charge is 0.307 e. The Hall–Kier alpha value is -2.52. The first-order chi connectivity index (χ1) is 13.4. The van der Waals surface area contributed by atoms with E-state index in [-0.39, 0.29) is 29.9 Å². The van der Waals surface area contributed by atoms with Crippen LogP contribution in [0.3, 0.4) is 0 Å². The van der Waals surface area contributed by atoms with Crippen molar-refractivity contribution < 1.29 is 14.8 Å². The molecule has 146 valence electrons. The van der Waals surface area contributed by atoms with E-state index in [4.69, 9.17) is 11.6 Å². The molecule has 2 aromatic carbocycles. The number of halogens is 1. The number of hydrogen-bond donors (Lipinski definition) is 4. The lowest BCUT2D eigenvalue weighted by atomic mass is 9.75.